The Morgan fingerprint density at radius 1 is 1.41 bits per heavy atom. The molecule has 0 amide bonds. The highest BCUT2D eigenvalue weighted by atomic mass is 32.2. The highest BCUT2D eigenvalue weighted by molar-refractivity contribution is 7.98. The van der Waals surface area contributed by atoms with Crippen LogP contribution in [0.15, 0.2) is 29.3 Å². The maximum absolute atomic E-state index is 10.6. The molecule has 22 heavy (non-hydrogen) atoms. The number of hydrogen-bond donors (Lipinski definition) is 2. The summed E-state index contributed by atoms with van der Waals surface area (Å²) in [6.07, 6.45) is 3.08. The molecule has 7 heteroatoms. The fraction of sp³-hybridized carbons (Fsp3) is 0.533. The van der Waals surface area contributed by atoms with Gasteiger partial charge in [0.25, 0.3) is 5.69 Å². The second-order valence-corrected chi connectivity index (χ2v) is 5.95. The van der Waals surface area contributed by atoms with Gasteiger partial charge in [-0.25, -0.2) is 4.99 Å². The minimum Gasteiger partial charge on any atom is -0.356 e. The second kappa shape index (κ2) is 10.0. The van der Waals surface area contributed by atoms with Crippen LogP contribution in [0.1, 0.15) is 25.8 Å². The van der Waals surface area contributed by atoms with Crippen LogP contribution < -0.4 is 10.6 Å². The van der Waals surface area contributed by atoms with E-state index in [1.54, 1.807) is 23.9 Å². The molecule has 1 aromatic carbocycles. The van der Waals surface area contributed by atoms with E-state index in [0.717, 1.165) is 30.2 Å². The predicted molar refractivity (Wildman–Crippen MR) is 93.5 cm³/mol. The molecule has 2 N–H and O–H groups in total. The van der Waals surface area contributed by atoms with E-state index in [1.165, 1.54) is 12.1 Å². The van der Waals surface area contributed by atoms with E-state index in [9.17, 15) is 10.1 Å². The number of non-ortho nitro benzene ring substituents is 1. The molecule has 0 aliphatic carbocycles. The maximum Gasteiger partial charge on any atom is 0.269 e. The van der Waals surface area contributed by atoms with Crippen LogP contribution in [0, 0.1) is 10.1 Å². The Labute approximate surface area is 135 Å². The summed E-state index contributed by atoms with van der Waals surface area (Å²) in [5, 5.41) is 17.3. The monoisotopic (exact) mass is 324 g/mol. The molecule has 0 spiro atoms. The van der Waals surface area contributed by atoms with Gasteiger partial charge in [0.05, 0.1) is 11.5 Å². The van der Waals surface area contributed by atoms with Crippen LogP contribution in [0.5, 0.6) is 0 Å². The van der Waals surface area contributed by atoms with Crippen molar-refractivity contribution in [2.45, 2.75) is 32.9 Å². The lowest BCUT2D eigenvalue weighted by Crippen LogP contribution is -2.42. The Balaban J connectivity index is 2.67. The van der Waals surface area contributed by atoms with Crippen LogP contribution in [0.2, 0.25) is 0 Å². The van der Waals surface area contributed by atoms with Crippen molar-refractivity contribution in [1.82, 2.24) is 10.6 Å². The van der Waals surface area contributed by atoms with Gasteiger partial charge < -0.3 is 10.6 Å². The molecule has 0 saturated heterocycles. The Kier molecular flexibility index (Phi) is 8.35. The summed E-state index contributed by atoms with van der Waals surface area (Å²) in [5.74, 6) is 1.79. The van der Waals surface area contributed by atoms with Crippen molar-refractivity contribution in [2.24, 2.45) is 4.99 Å². The molecular weight excluding hydrogens is 300 g/mol. The van der Waals surface area contributed by atoms with Gasteiger partial charge in [0.2, 0.25) is 0 Å². The second-order valence-electron chi connectivity index (χ2n) is 4.96. The maximum atomic E-state index is 10.6. The fourth-order valence-corrected chi connectivity index (χ4v) is 1.96. The number of thioether (sulfide) groups is 1. The first-order chi connectivity index (χ1) is 10.6. The molecule has 1 unspecified atom stereocenters. The number of guanidine groups is 1. The van der Waals surface area contributed by atoms with Crippen LogP contribution >= 0.6 is 11.8 Å². The SMILES string of the molecule is CCC(C)NC(=NCc1ccc([N+](=O)[O-])cc1)NCCSC. The van der Waals surface area contributed by atoms with Gasteiger partial charge >= 0.3 is 0 Å². The number of nitrogens with one attached hydrogen (secondary N) is 2. The highest BCUT2D eigenvalue weighted by Gasteiger charge is 2.05. The lowest BCUT2D eigenvalue weighted by molar-refractivity contribution is -0.384. The lowest BCUT2D eigenvalue weighted by Gasteiger charge is -2.16. The quantitative estimate of drug-likeness (QED) is 0.253. The molecule has 0 fully saturated rings. The van der Waals surface area contributed by atoms with Gasteiger partial charge in [-0.2, -0.15) is 11.8 Å². The standard InChI is InChI=1S/C15H24N4O2S/c1-4-12(2)18-15(16-9-10-22-3)17-11-13-5-7-14(8-6-13)19(20)21/h5-8,12H,4,9-11H2,1-3H3,(H2,16,17,18). The average Bonchev–Trinajstić information content (AvgIpc) is 2.52. The average molecular weight is 324 g/mol. The molecule has 0 aliphatic rings. The molecule has 0 bridgehead atoms. The molecule has 0 radical (unpaired) electrons. The van der Waals surface area contributed by atoms with Crippen LogP contribution in [-0.2, 0) is 6.54 Å². The summed E-state index contributed by atoms with van der Waals surface area (Å²) in [5.41, 5.74) is 1.05. The molecule has 0 aliphatic heterocycles. The molecule has 0 heterocycles. The summed E-state index contributed by atoms with van der Waals surface area (Å²) in [6.45, 7) is 5.57. The van der Waals surface area contributed by atoms with Gasteiger partial charge in [0.1, 0.15) is 0 Å². The minimum absolute atomic E-state index is 0.101. The van der Waals surface area contributed by atoms with Crippen LogP contribution in [0.4, 0.5) is 5.69 Å². The Bertz CT molecular complexity index is 491. The van der Waals surface area contributed by atoms with E-state index in [4.69, 9.17) is 0 Å². The van der Waals surface area contributed by atoms with Crippen molar-refractivity contribution in [3.63, 3.8) is 0 Å². The van der Waals surface area contributed by atoms with Gasteiger partial charge in [0, 0.05) is 30.5 Å². The predicted octanol–water partition coefficient (Wildman–Crippen LogP) is 2.79. The number of nitrogens with zero attached hydrogens (tertiary/aromatic N) is 2. The number of nitro groups is 1. The molecule has 1 atom stereocenters. The van der Waals surface area contributed by atoms with Crippen molar-refractivity contribution in [3.05, 3.63) is 39.9 Å². The van der Waals surface area contributed by atoms with Crippen LogP contribution in [0.25, 0.3) is 0 Å². The molecular formula is C15H24N4O2S. The molecule has 0 aromatic heterocycles. The third-order valence-electron chi connectivity index (χ3n) is 3.16. The van der Waals surface area contributed by atoms with E-state index in [0.29, 0.717) is 12.6 Å². The normalized spacial score (nSPS) is 12.8. The number of hydrogen-bond acceptors (Lipinski definition) is 4. The first-order valence-electron chi connectivity index (χ1n) is 7.34. The molecule has 1 rings (SSSR count). The van der Waals surface area contributed by atoms with Gasteiger partial charge in [-0.05, 0) is 25.2 Å². The third kappa shape index (κ3) is 6.80. The number of rotatable bonds is 8. The molecule has 122 valence electrons. The zero-order chi connectivity index (χ0) is 16.4. The number of aliphatic imine (C=N–C) groups is 1. The van der Waals surface area contributed by atoms with Crippen molar-refractivity contribution in [3.8, 4) is 0 Å². The van der Waals surface area contributed by atoms with Gasteiger partial charge in [-0.3, -0.25) is 10.1 Å². The largest absolute Gasteiger partial charge is 0.356 e. The van der Waals surface area contributed by atoms with Crippen molar-refractivity contribution >= 4 is 23.4 Å². The van der Waals surface area contributed by atoms with Gasteiger partial charge in [-0.15, -0.1) is 0 Å². The molecule has 1 aromatic rings. The van der Waals surface area contributed by atoms with Gasteiger partial charge in [-0.1, -0.05) is 19.1 Å². The molecule has 6 nitrogen and oxygen atoms in total. The van der Waals surface area contributed by atoms with Crippen molar-refractivity contribution < 1.29 is 4.92 Å². The van der Waals surface area contributed by atoms with E-state index in [2.05, 4.69) is 35.7 Å². The van der Waals surface area contributed by atoms with Crippen molar-refractivity contribution in [2.75, 3.05) is 18.6 Å². The van der Waals surface area contributed by atoms with E-state index in [-0.39, 0.29) is 5.69 Å². The van der Waals surface area contributed by atoms with Crippen molar-refractivity contribution in [1.29, 1.82) is 0 Å². The smallest absolute Gasteiger partial charge is 0.269 e. The van der Waals surface area contributed by atoms with E-state index in [1.807, 2.05) is 0 Å². The van der Waals surface area contributed by atoms with E-state index < -0.39 is 4.92 Å². The van der Waals surface area contributed by atoms with Gasteiger partial charge in [0.15, 0.2) is 5.96 Å². The summed E-state index contributed by atoms with van der Waals surface area (Å²) in [6, 6.07) is 6.84. The summed E-state index contributed by atoms with van der Waals surface area (Å²) in [7, 11) is 0. The minimum atomic E-state index is -0.396. The first-order valence-corrected chi connectivity index (χ1v) is 8.73. The number of nitro benzene ring substituents is 1. The fourth-order valence-electron chi connectivity index (χ4n) is 1.65. The number of benzene rings is 1. The highest BCUT2D eigenvalue weighted by Crippen LogP contribution is 2.12. The topological polar surface area (TPSA) is 79.6 Å². The lowest BCUT2D eigenvalue weighted by atomic mass is 10.2. The summed E-state index contributed by atoms with van der Waals surface area (Å²) in [4.78, 5) is 14.8. The van der Waals surface area contributed by atoms with E-state index >= 15 is 0 Å². The summed E-state index contributed by atoms with van der Waals surface area (Å²) >= 11 is 1.78. The Hall–Kier alpha value is -1.76. The summed E-state index contributed by atoms with van der Waals surface area (Å²) < 4.78 is 0. The zero-order valence-corrected chi connectivity index (χ0v) is 14.2. The Morgan fingerprint density at radius 2 is 2.09 bits per heavy atom. The van der Waals surface area contributed by atoms with Crippen LogP contribution in [0.3, 0.4) is 0 Å². The zero-order valence-electron chi connectivity index (χ0n) is 13.3. The van der Waals surface area contributed by atoms with Crippen LogP contribution in [-0.4, -0.2) is 35.5 Å². The third-order valence-corrected chi connectivity index (χ3v) is 3.77. The first kappa shape index (κ1) is 18.3. The molecule has 0 saturated carbocycles. The Morgan fingerprint density at radius 3 is 2.64 bits per heavy atom.